The summed E-state index contributed by atoms with van der Waals surface area (Å²) >= 11 is 0. The summed E-state index contributed by atoms with van der Waals surface area (Å²) < 4.78 is 2.05. The lowest BCUT2D eigenvalue weighted by Gasteiger charge is -2.41. The van der Waals surface area contributed by atoms with E-state index in [0.29, 0.717) is 23.7 Å². The second-order valence-corrected chi connectivity index (χ2v) is 11.0. The van der Waals surface area contributed by atoms with Crippen molar-refractivity contribution in [1.29, 1.82) is 0 Å². The van der Waals surface area contributed by atoms with Crippen molar-refractivity contribution in [3.8, 4) is 11.4 Å². The number of rotatable bonds is 6. The first-order valence-corrected chi connectivity index (χ1v) is 14.0. The number of nitrogens with zero attached hydrogens (tertiary/aromatic N) is 6. The highest BCUT2D eigenvalue weighted by molar-refractivity contribution is 5.87. The third-order valence-electron chi connectivity index (χ3n) is 8.45. The van der Waals surface area contributed by atoms with Gasteiger partial charge < -0.3 is 21.1 Å². The van der Waals surface area contributed by atoms with Gasteiger partial charge in [0.1, 0.15) is 5.82 Å². The minimum absolute atomic E-state index is 0.291. The van der Waals surface area contributed by atoms with Crippen molar-refractivity contribution < 1.29 is 9.90 Å². The zero-order valence-electron chi connectivity index (χ0n) is 22.8. The number of nitrogens with one attached hydrogen (secondary N) is 1. The van der Waals surface area contributed by atoms with Crippen LogP contribution in [0.25, 0.3) is 22.4 Å². The van der Waals surface area contributed by atoms with Crippen molar-refractivity contribution in [2.24, 2.45) is 0 Å². The molecule has 2 aliphatic rings. The van der Waals surface area contributed by atoms with E-state index in [1.165, 1.54) is 0 Å². The number of benzene rings is 2. The number of anilines is 1. The summed E-state index contributed by atoms with van der Waals surface area (Å²) in [7, 11) is 2.20. The molecule has 208 valence electrons. The van der Waals surface area contributed by atoms with Crippen molar-refractivity contribution in [3.63, 3.8) is 0 Å². The first-order valence-electron chi connectivity index (χ1n) is 14.0. The summed E-state index contributed by atoms with van der Waals surface area (Å²) in [5.74, 6) is 0.947. The number of fused-ring (bicyclic) bond motifs is 1. The molecule has 1 aliphatic carbocycles. The van der Waals surface area contributed by atoms with Gasteiger partial charge in [-0.15, -0.1) is 0 Å². The molecule has 0 radical (unpaired) electrons. The molecular weight excluding hydrogens is 504 g/mol. The summed E-state index contributed by atoms with van der Waals surface area (Å²) in [6.45, 7) is 4.60. The molecule has 1 atom stereocenters. The fourth-order valence-electron chi connectivity index (χ4n) is 6.15. The molecule has 1 saturated heterocycles. The Bertz CT molecular complexity index is 1460. The Kier molecular flexibility index (Phi) is 7.36. The highest BCUT2D eigenvalue weighted by Crippen LogP contribution is 2.34. The van der Waals surface area contributed by atoms with Crippen LogP contribution in [0.4, 0.5) is 10.6 Å². The minimum atomic E-state index is -1.08. The molecule has 1 unspecified atom stereocenters. The van der Waals surface area contributed by atoms with Gasteiger partial charge in [-0.05, 0) is 43.9 Å². The summed E-state index contributed by atoms with van der Waals surface area (Å²) in [5, 5.41) is 17.5. The maximum Gasteiger partial charge on any atom is 0.405 e. The summed E-state index contributed by atoms with van der Waals surface area (Å²) in [5.41, 5.74) is 9.66. The van der Waals surface area contributed by atoms with E-state index in [0.717, 1.165) is 79.6 Å². The van der Waals surface area contributed by atoms with Crippen molar-refractivity contribution in [1.82, 2.24) is 34.9 Å². The smallest absolute Gasteiger partial charge is 0.405 e. The van der Waals surface area contributed by atoms with Gasteiger partial charge in [0.05, 0.1) is 23.7 Å². The second kappa shape index (κ2) is 11.2. The quantitative estimate of drug-likeness (QED) is 0.333. The number of hydrogen-bond acceptors (Lipinski definition) is 7. The standard InChI is InChI=1S/C30H36N8O2/c1-36-15-17-37(18-16-36)23-11-13-24(14-12-23)38-29-25(19-32-38)27(31)34-28(35-29)22-9-7-21(8-10-22)26(33-30(39)40)20-5-3-2-4-6-20/h2-10,19,23-24,26,33H,11-18H2,1H3,(H,39,40)(H2,31,34,35). The largest absolute Gasteiger partial charge is 0.465 e. The molecule has 10 nitrogen and oxygen atoms in total. The summed E-state index contributed by atoms with van der Waals surface area (Å²) in [6, 6.07) is 17.6. The maximum atomic E-state index is 11.5. The van der Waals surface area contributed by atoms with E-state index in [4.69, 9.17) is 15.8 Å². The van der Waals surface area contributed by atoms with Crippen LogP contribution in [-0.2, 0) is 0 Å². The summed E-state index contributed by atoms with van der Waals surface area (Å²) in [4.78, 5) is 26.1. The number of aromatic nitrogens is 4. The molecule has 0 spiro atoms. The van der Waals surface area contributed by atoms with E-state index in [2.05, 4.69) is 27.1 Å². The Labute approximate surface area is 233 Å². The minimum Gasteiger partial charge on any atom is -0.465 e. The average Bonchev–Trinajstić information content (AvgIpc) is 3.42. The highest BCUT2D eigenvalue weighted by atomic mass is 16.4. The van der Waals surface area contributed by atoms with Crippen molar-refractivity contribution in [3.05, 3.63) is 71.9 Å². The van der Waals surface area contributed by atoms with Crippen LogP contribution >= 0.6 is 0 Å². The topological polar surface area (TPSA) is 125 Å². The van der Waals surface area contributed by atoms with Gasteiger partial charge in [-0.1, -0.05) is 54.6 Å². The zero-order valence-corrected chi connectivity index (χ0v) is 22.8. The van der Waals surface area contributed by atoms with Crippen LogP contribution < -0.4 is 11.1 Å². The number of likely N-dealkylation sites (N-methyl/N-ethyl adjacent to an activating group) is 1. The number of carboxylic acid groups (broad SMARTS) is 1. The Balaban J connectivity index is 1.22. The SMILES string of the molecule is CN1CCN(C2CCC(n3ncc4c(N)nc(-c5ccc(C(NC(=O)O)c6ccccc6)cc5)nc43)CC2)CC1. The van der Waals surface area contributed by atoms with E-state index in [9.17, 15) is 9.90 Å². The predicted molar refractivity (Wildman–Crippen MR) is 155 cm³/mol. The fraction of sp³-hybridized carbons (Fsp3) is 0.400. The van der Waals surface area contributed by atoms with Crippen LogP contribution in [0.15, 0.2) is 60.8 Å². The van der Waals surface area contributed by atoms with Crippen LogP contribution in [0.5, 0.6) is 0 Å². The van der Waals surface area contributed by atoms with Gasteiger partial charge in [0.2, 0.25) is 0 Å². The van der Waals surface area contributed by atoms with Gasteiger partial charge in [-0.25, -0.2) is 19.4 Å². The van der Waals surface area contributed by atoms with E-state index >= 15 is 0 Å². The van der Waals surface area contributed by atoms with Crippen molar-refractivity contribution in [2.75, 3.05) is 39.0 Å². The third kappa shape index (κ3) is 5.37. The second-order valence-electron chi connectivity index (χ2n) is 11.0. The van der Waals surface area contributed by atoms with Crippen LogP contribution in [0.2, 0.25) is 0 Å². The fourth-order valence-corrected chi connectivity index (χ4v) is 6.15. The third-order valence-corrected chi connectivity index (χ3v) is 8.45. The lowest BCUT2D eigenvalue weighted by atomic mass is 9.90. The molecule has 6 rings (SSSR count). The number of amides is 1. The molecule has 1 amide bonds. The predicted octanol–water partition coefficient (Wildman–Crippen LogP) is 4.16. The molecule has 4 N–H and O–H groups in total. The monoisotopic (exact) mass is 540 g/mol. The molecule has 10 heteroatoms. The average molecular weight is 541 g/mol. The lowest BCUT2D eigenvalue weighted by Crippen LogP contribution is -2.49. The number of carbonyl (C=O) groups is 1. The Morgan fingerprint density at radius 1 is 0.925 bits per heavy atom. The molecule has 0 bridgehead atoms. The van der Waals surface area contributed by atoms with Gasteiger partial charge >= 0.3 is 6.09 Å². The molecular formula is C30H36N8O2. The van der Waals surface area contributed by atoms with Gasteiger partial charge in [0.15, 0.2) is 11.5 Å². The number of hydrogen-bond donors (Lipinski definition) is 3. The Morgan fingerprint density at radius 2 is 1.57 bits per heavy atom. The van der Waals surface area contributed by atoms with Crippen LogP contribution in [0.1, 0.15) is 48.9 Å². The molecule has 2 fully saturated rings. The molecule has 2 aromatic heterocycles. The zero-order chi connectivity index (χ0) is 27.6. The van der Waals surface area contributed by atoms with Crippen LogP contribution in [-0.4, -0.2) is 80.0 Å². The van der Waals surface area contributed by atoms with Crippen LogP contribution in [0.3, 0.4) is 0 Å². The first kappa shape index (κ1) is 26.2. The normalized spacial score (nSPS) is 21.3. The Morgan fingerprint density at radius 3 is 2.25 bits per heavy atom. The van der Waals surface area contributed by atoms with E-state index < -0.39 is 12.1 Å². The maximum absolute atomic E-state index is 11.5. The van der Waals surface area contributed by atoms with Gasteiger partial charge in [-0.3, -0.25) is 4.90 Å². The van der Waals surface area contributed by atoms with Gasteiger partial charge in [-0.2, -0.15) is 5.10 Å². The molecule has 2 aromatic carbocycles. The number of nitrogen functional groups attached to an aromatic ring is 1. The van der Waals surface area contributed by atoms with E-state index in [1.807, 2.05) is 59.3 Å². The van der Waals surface area contributed by atoms with Gasteiger partial charge in [0.25, 0.3) is 0 Å². The van der Waals surface area contributed by atoms with E-state index in [1.54, 1.807) is 6.20 Å². The highest BCUT2D eigenvalue weighted by Gasteiger charge is 2.30. The van der Waals surface area contributed by atoms with Gasteiger partial charge in [0, 0.05) is 37.8 Å². The van der Waals surface area contributed by atoms with E-state index in [-0.39, 0.29) is 0 Å². The number of nitrogens with two attached hydrogens (primary N) is 1. The molecule has 40 heavy (non-hydrogen) atoms. The number of piperazine rings is 1. The molecule has 3 heterocycles. The summed E-state index contributed by atoms with van der Waals surface area (Å²) in [6.07, 6.45) is 5.17. The van der Waals surface area contributed by atoms with Crippen molar-refractivity contribution >= 4 is 22.9 Å². The molecule has 1 saturated carbocycles. The Hall–Kier alpha value is -4.02. The molecule has 4 aromatic rings. The van der Waals surface area contributed by atoms with Crippen LogP contribution in [0, 0.1) is 0 Å². The van der Waals surface area contributed by atoms with Crippen molar-refractivity contribution in [2.45, 2.75) is 43.8 Å². The molecule has 1 aliphatic heterocycles. The first-order chi connectivity index (χ1) is 19.5. The lowest BCUT2D eigenvalue weighted by molar-refractivity contribution is 0.0815.